The zero-order chi connectivity index (χ0) is 18.1. The quantitative estimate of drug-likeness (QED) is 0.487. The fraction of sp³-hybridized carbons (Fsp3) is 0.571. The number of β-amino-alcohol motifs (C(OH)–C–C–N with tert-alkyl or cyclic N) is 1. The van der Waals surface area contributed by atoms with E-state index >= 15 is 0 Å². The van der Waals surface area contributed by atoms with Crippen LogP contribution in [0.15, 0.2) is 21.9 Å². The molecule has 1 saturated heterocycles. The van der Waals surface area contributed by atoms with Crippen LogP contribution in [0.1, 0.15) is 25.8 Å². The van der Waals surface area contributed by atoms with Crippen LogP contribution in [-0.4, -0.2) is 61.3 Å². The second-order valence-corrected chi connectivity index (χ2v) is 6.14. The number of rotatable bonds is 4. The molecule has 10 heteroatoms. The number of hydrogen-bond donors (Lipinski definition) is 4. The number of hydrogen-bond acceptors (Lipinski definition) is 6. The summed E-state index contributed by atoms with van der Waals surface area (Å²) in [6.45, 7) is 1.57. The summed E-state index contributed by atoms with van der Waals surface area (Å²) < 4.78 is 1.22. The van der Waals surface area contributed by atoms with Gasteiger partial charge in [0.1, 0.15) is 5.60 Å². The molecule has 5 N–H and O–H groups in total. The maximum absolute atomic E-state index is 12.2. The predicted molar refractivity (Wildman–Crippen MR) is 82.4 cm³/mol. The molecule has 10 nitrogen and oxygen atoms in total. The van der Waals surface area contributed by atoms with Crippen molar-refractivity contribution in [3.05, 3.63) is 33.1 Å². The van der Waals surface area contributed by atoms with Crippen molar-refractivity contribution in [2.45, 2.75) is 37.5 Å². The normalized spacial score (nSPS) is 25.3. The Balaban J connectivity index is 2.18. The number of piperidine rings is 1. The first-order valence-electron chi connectivity index (χ1n) is 7.42. The van der Waals surface area contributed by atoms with Gasteiger partial charge in [0.2, 0.25) is 5.91 Å². The molecule has 0 bridgehead atoms. The van der Waals surface area contributed by atoms with Crippen LogP contribution in [-0.2, 0) is 9.59 Å². The number of carboxylic acid groups (broad SMARTS) is 1. The topological polar surface area (TPSA) is 159 Å². The van der Waals surface area contributed by atoms with Crippen molar-refractivity contribution in [1.82, 2.24) is 14.5 Å². The molecule has 24 heavy (non-hydrogen) atoms. The molecular formula is C14H20N4O6. The average molecular weight is 340 g/mol. The summed E-state index contributed by atoms with van der Waals surface area (Å²) in [6.07, 6.45) is 1.05. The number of H-pyrrole nitrogens is 1. The third-order valence-corrected chi connectivity index (χ3v) is 4.11. The van der Waals surface area contributed by atoms with Crippen molar-refractivity contribution in [1.29, 1.82) is 0 Å². The van der Waals surface area contributed by atoms with Crippen LogP contribution in [0.5, 0.6) is 0 Å². The molecule has 1 aliphatic heterocycles. The Morgan fingerprint density at radius 1 is 1.50 bits per heavy atom. The largest absolute Gasteiger partial charge is 0.481 e. The number of carboxylic acids is 1. The van der Waals surface area contributed by atoms with Gasteiger partial charge in [0, 0.05) is 18.8 Å². The van der Waals surface area contributed by atoms with Crippen molar-refractivity contribution in [3.8, 4) is 0 Å². The molecule has 1 aromatic rings. The number of nitrogens with two attached hydrogens (primary N) is 1. The molecule has 2 rings (SSSR count). The zero-order valence-corrected chi connectivity index (χ0v) is 13.1. The molecule has 1 fully saturated rings. The van der Waals surface area contributed by atoms with Gasteiger partial charge in [-0.15, -0.1) is 0 Å². The highest BCUT2D eigenvalue weighted by Crippen LogP contribution is 2.30. The van der Waals surface area contributed by atoms with Crippen LogP contribution in [0, 0.1) is 0 Å². The van der Waals surface area contributed by atoms with E-state index in [2.05, 4.69) is 4.98 Å². The Bertz CT molecular complexity index is 752. The third-order valence-electron chi connectivity index (χ3n) is 4.11. The average Bonchev–Trinajstić information content (AvgIpc) is 2.45. The van der Waals surface area contributed by atoms with Gasteiger partial charge in [0.05, 0.1) is 25.0 Å². The molecule has 132 valence electrons. The molecular weight excluding hydrogens is 320 g/mol. The highest BCUT2D eigenvalue weighted by atomic mass is 16.4. The van der Waals surface area contributed by atoms with E-state index in [-0.39, 0.29) is 19.5 Å². The third kappa shape index (κ3) is 3.71. The number of carbonyl (C=O) groups is 2. The first-order chi connectivity index (χ1) is 11.1. The predicted octanol–water partition coefficient (Wildman–Crippen LogP) is -2.14. The Morgan fingerprint density at radius 3 is 2.71 bits per heavy atom. The van der Waals surface area contributed by atoms with E-state index in [9.17, 15) is 24.3 Å². The molecule has 3 atom stereocenters. The Labute approximate surface area is 136 Å². The number of aliphatic hydroxyl groups is 1. The van der Waals surface area contributed by atoms with Gasteiger partial charge in [0.25, 0.3) is 5.56 Å². The van der Waals surface area contributed by atoms with Crippen molar-refractivity contribution in [2.75, 3.05) is 13.1 Å². The molecule has 0 spiro atoms. The SMILES string of the molecule is C[C@@]1(O)CN(C(=O)[C@@H](N)CC(=O)O)CC[C@H]1n1ccc(=O)[nH]c1=O. The fourth-order valence-electron chi connectivity index (χ4n) is 2.97. The van der Waals surface area contributed by atoms with Crippen LogP contribution in [0.25, 0.3) is 0 Å². The summed E-state index contributed by atoms with van der Waals surface area (Å²) in [5.41, 5.74) is 2.95. The molecule has 0 unspecified atom stereocenters. The van der Waals surface area contributed by atoms with Crippen molar-refractivity contribution < 1.29 is 19.8 Å². The maximum atomic E-state index is 12.2. The molecule has 0 aliphatic carbocycles. The lowest BCUT2D eigenvalue weighted by atomic mass is 9.88. The highest BCUT2D eigenvalue weighted by Gasteiger charge is 2.42. The van der Waals surface area contributed by atoms with E-state index < -0.39 is 47.2 Å². The molecule has 1 aromatic heterocycles. The van der Waals surface area contributed by atoms with E-state index in [1.807, 2.05) is 0 Å². The van der Waals surface area contributed by atoms with E-state index in [4.69, 9.17) is 10.8 Å². The molecule has 0 aromatic carbocycles. The van der Waals surface area contributed by atoms with E-state index in [1.54, 1.807) is 0 Å². The number of carbonyl (C=O) groups excluding carboxylic acids is 1. The lowest BCUT2D eigenvalue weighted by molar-refractivity contribution is -0.146. The van der Waals surface area contributed by atoms with Crippen molar-refractivity contribution >= 4 is 11.9 Å². The summed E-state index contributed by atoms with van der Waals surface area (Å²) in [6, 6.07) is -0.648. The summed E-state index contributed by atoms with van der Waals surface area (Å²) in [5, 5.41) is 19.4. The molecule has 2 heterocycles. The van der Waals surface area contributed by atoms with Gasteiger partial charge < -0.3 is 20.8 Å². The van der Waals surface area contributed by atoms with Crippen LogP contribution >= 0.6 is 0 Å². The summed E-state index contributed by atoms with van der Waals surface area (Å²) in [7, 11) is 0. The molecule has 1 amide bonds. The monoisotopic (exact) mass is 340 g/mol. The van der Waals surface area contributed by atoms with Gasteiger partial charge in [-0.3, -0.25) is 23.9 Å². The van der Waals surface area contributed by atoms with Gasteiger partial charge in [-0.2, -0.15) is 0 Å². The first kappa shape index (κ1) is 17.9. The van der Waals surface area contributed by atoms with Gasteiger partial charge in [0.15, 0.2) is 0 Å². The maximum Gasteiger partial charge on any atom is 0.328 e. The second-order valence-electron chi connectivity index (χ2n) is 6.14. The second kappa shape index (κ2) is 6.57. The summed E-state index contributed by atoms with van der Waals surface area (Å²) >= 11 is 0. The van der Waals surface area contributed by atoms with E-state index in [0.29, 0.717) is 0 Å². The highest BCUT2D eigenvalue weighted by molar-refractivity contribution is 5.86. The van der Waals surface area contributed by atoms with Crippen molar-refractivity contribution in [3.63, 3.8) is 0 Å². The lowest BCUT2D eigenvalue weighted by Gasteiger charge is -2.43. The number of aliphatic carboxylic acids is 1. The van der Waals surface area contributed by atoms with E-state index in [1.165, 1.54) is 28.7 Å². The minimum atomic E-state index is -1.45. The molecule has 1 aliphatic rings. The fourth-order valence-corrected chi connectivity index (χ4v) is 2.97. The standard InChI is InChI=1S/C14H20N4O6/c1-14(24)7-17(12(22)8(15)6-11(20)21)4-2-9(14)18-5-3-10(19)16-13(18)23/h3,5,8-9,24H,2,4,6-7,15H2,1H3,(H,20,21)(H,16,19,23)/t8-,9+,14+/m0/s1. The number of aromatic nitrogens is 2. The minimum absolute atomic E-state index is 0.102. The number of aromatic amines is 1. The van der Waals surface area contributed by atoms with Crippen LogP contribution in [0.4, 0.5) is 0 Å². The summed E-state index contributed by atoms with van der Waals surface area (Å²) in [4.78, 5) is 49.3. The number of amides is 1. The van der Waals surface area contributed by atoms with Crippen molar-refractivity contribution in [2.24, 2.45) is 5.73 Å². The number of nitrogens with one attached hydrogen (secondary N) is 1. The smallest absolute Gasteiger partial charge is 0.328 e. The molecule has 0 radical (unpaired) electrons. The van der Waals surface area contributed by atoms with Gasteiger partial charge >= 0.3 is 11.7 Å². The Morgan fingerprint density at radius 2 is 2.17 bits per heavy atom. The van der Waals surface area contributed by atoms with Gasteiger partial charge in [-0.05, 0) is 13.3 Å². The van der Waals surface area contributed by atoms with Crippen LogP contribution in [0.3, 0.4) is 0 Å². The van der Waals surface area contributed by atoms with Crippen LogP contribution in [0.2, 0.25) is 0 Å². The van der Waals surface area contributed by atoms with E-state index in [0.717, 1.165) is 0 Å². The number of nitrogens with zero attached hydrogens (tertiary/aromatic N) is 2. The minimum Gasteiger partial charge on any atom is -0.481 e. The molecule has 0 saturated carbocycles. The van der Waals surface area contributed by atoms with Gasteiger partial charge in [-0.1, -0.05) is 0 Å². The first-order valence-corrected chi connectivity index (χ1v) is 7.42. The Kier molecular flexibility index (Phi) is 4.90. The number of likely N-dealkylation sites (tertiary alicyclic amines) is 1. The van der Waals surface area contributed by atoms with Gasteiger partial charge in [-0.25, -0.2) is 4.79 Å². The lowest BCUT2D eigenvalue weighted by Crippen LogP contribution is -2.58. The zero-order valence-electron chi connectivity index (χ0n) is 13.1. The van der Waals surface area contributed by atoms with Crippen LogP contribution < -0.4 is 17.0 Å². The Hall–Kier alpha value is -2.46. The summed E-state index contributed by atoms with van der Waals surface area (Å²) in [5.74, 6) is -1.75.